The van der Waals surface area contributed by atoms with E-state index >= 15 is 0 Å². The third-order valence-electron chi connectivity index (χ3n) is 6.10. The van der Waals surface area contributed by atoms with Crippen LogP contribution in [0.5, 0.6) is 0 Å². The van der Waals surface area contributed by atoms with E-state index in [9.17, 15) is 9.59 Å². The molecule has 1 aliphatic heterocycles. The van der Waals surface area contributed by atoms with Gasteiger partial charge in [-0.15, -0.1) is 0 Å². The Morgan fingerprint density at radius 2 is 1.82 bits per heavy atom. The van der Waals surface area contributed by atoms with E-state index in [1.807, 2.05) is 58.0 Å². The van der Waals surface area contributed by atoms with Crippen molar-refractivity contribution < 1.29 is 14.3 Å². The number of nitrogens with one attached hydrogen (secondary N) is 1. The van der Waals surface area contributed by atoms with Crippen LogP contribution in [0.25, 0.3) is 0 Å². The summed E-state index contributed by atoms with van der Waals surface area (Å²) >= 11 is 0. The van der Waals surface area contributed by atoms with Gasteiger partial charge in [-0.25, -0.2) is 0 Å². The van der Waals surface area contributed by atoms with Crippen LogP contribution >= 0.6 is 0 Å². The fourth-order valence-corrected chi connectivity index (χ4v) is 3.89. The van der Waals surface area contributed by atoms with Crippen LogP contribution < -0.4 is 5.32 Å². The number of esters is 1. The topological polar surface area (TPSA) is 55.4 Å². The van der Waals surface area contributed by atoms with Crippen molar-refractivity contribution in [2.45, 2.75) is 52.2 Å². The highest BCUT2D eigenvalue weighted by Gasteiger charge is 2.75. The Balaban J connectivity index is 1.85. The molecule has 0 aromatic heterocycles. The quantitative estimate of drug-likeness (QED) is 0.873. The van der Waals surface area contributed by atoms with E-state index < -0.39 is 16.4 Å². The number of fused-ring (bicyclic) bond motifs is 2. The van der Waals surface area contributed by atoms with Gasteiger partial charge in [-0.2, -0.15) is 0 Å². The van der Waals surface area contributed by atoms with Crippen molar-refractivity contribution in [2.24, 2.45) is 10.8 Å². The molecule has 4 heteroatoms. The summed E-state index contributed by atoms with van der Waals surface area (Å²) in [6.07, 6.45) is 1.29. The lowest BCUT2D eigenvalue weighted by atomic mass is 9.66. The highest BCUT2D eigenvalue weighted by atomic mass is 16.6. The number of hydrogen-bond acceptors (Lipinski definition) is 3. The SMILES string of the molecule is C[C@@H](NC(=O)[C@]12CC[C@@](C)(C(=O)O1)C2(C)C)c1ccccc1. The Hall–Kier alpha value is -1.84. The predicted molar refractivity (Wildman–Crippen MR) is 82.9 cm³/mol. The number of carbonyl (C=O) groups is 2. The Kier molecular flexibility index (Phi) is 3.13. The Morgan fingerprint density at radius 1 is 1.18 bits per heavy atom. The maximum absolute atomic E-state index is 12.9. The zero-order chi connectivity index (χ0) is 16.2. The van der Waals surface area contributed by atoms with Crippen LogP contribution in [-0.4, -0.2) is 17.5 Å². The van der Waals surface area contributed by atoms with Gasteiger partial charge in [0.2, 0.25) is 0 Å². The second kappa shape index (κ2) is 4.58. The molecule has 1 aliphatic carbocycles. The molecule has 3 atom stereocenters. The van der Waals surface area contributed by atoms with E-state index in [-0.39, 0.29) is 17.9 Å². The third kappa shape index (κ3) is 1.70. The molecular formula is C18H23NO3. The third-order valence-corrected chi connectivity index (χ3v) is 6.10. The lowest BCUT2D eigenvalue weighted by molar-refractivity contribution is -0.168. The van der Waals surface area contributed by atoms with Crippen LogP contribution in [0.3, 0.4) is 0 Å². The second-order valence-corrected chi connectivity index (χ2v) is 7.28. The molecule has 3 rings (SSSR count). The van der Waals surface area contributed by atoms with Crippen molar-refractivity contribution in [2.75, 3.05) is 0 Å². The van der Waals surface area contributed by atoms with Gasteiger partial charge in [0.1, 0.15) is 0 Å². The van der Waals surface area contributed by atoms with E-state index in [4.69, 9.17) is 4.74 Å². The summed E-state index contributed by atoms with van der Waals surface area (Å²) in [4.78, 5) is 25.2. The summed E-state index contributed by atoms with van der Waals surface area (Å²) in [5.41, 5.74) is -1.07. The lowest BCUT2D eigenvalue weighted by Gasteiger charge is -2.36. The largest absolute Gasteiger partial charge is 0.448 e. The number of carbonyl (C=O) groups excluding carboxylic acids is 2. The minimum absolute atomic E-state index is 0.120. The summed E-state index contributed by atoms with van der Waals surface area (Å²) in [6.45, 7) is 7.80. The zero-order valence-corrected chi connectivity index (χ0v) is 13.6. The van der Waals surface area contributed by atoms with Gasteiger partial charge < -0.3 is 10.1 Å². The standard InChI is InChI=1S/C18H23NO3/c1-12(13-8-6-5-7-9-13)19-14(20)18-11-10-17(4,15(21)22-18)16(18,2)3/h5-9,12H,10-11H2,1-4H3,(H,19,20)/t12-,17+,18+/m1/s1. The van der Waals surface area contributed by atoms with Gasteiger partial charge in [-0.05, 0) is 32.3 Å². The molecule has 0 unspecified atom stereocenters. The molecule has 2 fully saturated rings. The summed E-state index contributed by atoms with van der Waals surface area (Å²) in [5.74, 6) is -0.422. The fourth-order valence-electron chi connectivity index (χ4n) is 3.89. The minimum Gasteiger partial charge on any atom is -0.448 e. The summed E-state index contributed by atoms with van der Waals surface area (Å²) < 4.78 is 5.61. The Labute approximate surface area is 131 Å². The van der Waals surface area contributed by atoms with Crippen LogP contribution in [0.4, 0.5) is 0 Å². The molecule has 1 aromatic rings. The van der Waals surface area contributed by atoms with Crippen molar-refractivity contribution in [3.63, 3.8) is 0 Å². The molecular weight excluding hydrogens is 278 g/mol. The summed E-state index contributed by atoms with van der Waals surface area (Å²) in [7, 11) is 0. The van der Waals surface area contributed by atoms with Crippen LogP contribution in [0, 0.1) is 10.8 Å². The van der Waals surface area contributed by atoms with Crippen molar-refractivity contribution in [1.29, 1.82) is 0 Å². The molecule has 1 N–H and O–H groups in total. The van der Waals surface area contributed by atoms with Crippen LogP contribution in [-0.2, 0) is 14.3 Å². The van der Waals surface area contributed by atoms with E-state index in [1.54, 1.807) is 0 Å². The second-order valence-electron chi connectivity index (χ2n) is 7.28. The van der Waals surface area contributed by atoms with Gasteiger partial charge in [0.25, 0.3) is 5.91 Å². The normalized spacial score (nSPS) is 33.4. The molecule has 4 nitrogen and oxygen atoms in total. The average Bonchev–Trinajstić information content (AvgIpc) is 2.78. The first-order valence-corrected chi connectivity index (χ1v) is 7.84. The molecule has 1 saturated heterocycles. The van der Waals surface area contributed by atoms with E-state index in [0.717, 1.165) is 5.56 Å². The highest BCUT2D eigenvalue weighted by molar-refractivity contribution is 5.96. The maximum atomic E-state index is 12.9. The van der Waals surface area contributed by atoms with Gasteiger partial charge in [-0.1, -0.05) is 44.2 Å². The van der Waals surface area contributed by atoms with Gasteiger partial charge >= 0.3 is 5.97 Å². The molecule has 1 saturated carbocycles. The van der Waals surface area contributed by atoms with Crippen LogP contribution in [0.2, 0.25) is 0 Å². The predicted octanol–water partition coefficient (Wildman–Crippen LogP) is 2.99. The maximum Gasteiger partial charge on any atom is 0.313 e. The number of rotatable bonds is 3. The molecule has 1 amide bonds. The zero-order valence-electron chi connectivity index (χ0n) is 13.6. The number of hydrogen-bond donors (Lipinski definition) is 1. The molecule has 1 heterocycles. The first-order chi connectivity index (χ1) is 10.2. The Morgan fingerprint density at radius 3 is 2.32 bits per heavy atom. The highest BCUT2D eigenvalue weighted by Crippen LogP contribution is 2.65. The monoisotopic (exact) mass is 301 g/mol. The molecule has 0 spiro atoms. The smallest absolute Gasteiger partial charge is 0.313 e. The first kappa shape index (κ1) is 15.1. The van der Waals surface area contributed by atoms with Gasteiger partial charge in [0.15, 0.2) is 5.60 Å². The number of benzene rings is 1. The molecule has 1 aromatic carbocycles. The van der Waals surface area contributed by atoms with Gasteiger partial charge in [-0.3, -0.25) is 9.59 Å². The molecule has 2 aliphatic rings. The van der Waals surface area contributed by atoms with E-state index in [2.05, 4.69) is 5.32 Å². The van der Waals surface area contributed by atoms with Crippen LogP contribution in [0.15, 0.2) is 30.3 Å². The van der Waals surface area contributed by atoms with Crippen molar-refractivity contribution in [3.8, 4) is 0 Å². The average molecular weight is 301 g/mol. The van der Waals surface area contributed by atoms with E-state index in [1.165, 1.54) is 0 Å². The van der Waals surface area contributed by atoms with Crippen molar-refractivity contribution in [1.82, 2.24) is 5.32 Å². The van der Waals surface area contributed by atoms with Crippen LogP contribution in [0.1, 0.15) is 52.1 Å². The molecule has 2 bridgehead atoms. The van der Waals surface area contributed by atoms with Crippen molar-refractivity contribution >= 4 is 11.9 Å². The van der Waals surface area contributed by atoms with E-state index in [0.29, 0.717) is 12.8 Å². The number of amides is 1. The number of ether oxygens (including phenoxy) is 1. The lowest BCUT2D eigenvalue weighted by Crippen LogP contribution is -2.53. The summed E-state index contributed by atoms with van der Waals surface area (Å²) in [6, 6.07) is 9.68. The Bertz CT molecular complexity index is 624. The molecule has 0 radical (unpaired) electrons. The molecule has 22 heavy (non-hydrogen) atoms. The van der Waals surface area contributed by atoms with Crippen molar-refractivity contribution in [3.05, 3.63) is 35.9 Å². The fraction of sp³-hybridized carbons (Fsp3) is 0.556. The first-order valence-electron chi connectivity index (χ1n) is 7.84. The van der Waals surface area contributed by atoms with Gasteiger partial charge in [0.05, 0.1) is 11.5 Å². The van der Waals surface area contributed by atoms with Gasteiger partial charge in [0, 0.05) is 5.41 Å². The molecule has 118 valence electrons. The summed E-state index contributed by atoms with van der Waals surface area (Å²) in [5, 5.41) is 3.03. The minimum atomic E-state index is -1.04.